The highest BCUT2D eigenvalue weighted by molar-refractivity contribution is 4.91. The van der Waals surface area contributed by atoms with Crippen LogP contribution >= 0.6 is 0 Å². The van der Waals surface area contributed by atoms with Gasteiger partial charge in [-0.2, -0.15) is 0 Å². The summed E-state index contributed by atoms with van der Waals surface area (Å²) in [6.45, 7) is 10.2. The number of rotatable bonds is 3. The Bertz CT molecular complexity index is 191. The van der Waals surface area contributed by atoms with Gasteiger partial charge in [-0.25, -0.2) is 0 Å². The lowest BCUT2D eigenvalue weighted by atomic mass is 9.59. The fraction of sp³-hybridized carbons (Fsp3) is 1.00. The first-order valence-corrected chi connectivity index (χ1v) is 6.11. The van der Waals surface area contributed by atoms with E-state index in [1.54, 1.807) is 0 Å². The molecule has 0 amide bonds. The molecule has 0 aromatic heterocycles. The third-order valence-corrected chi connectivity index (χ3v) is 3.79. The number of aliphatic hydroxyl groups excluding tert-OH is 1. The zero-order valence-corrected chi connectivity index (χ0v) is 10.7. The van der Waals surface area contributed by atoms with Crippen molar-refractivity contribution in [2.24, 2.45) is 28.4 Å². The number of nitrogens with two attached hydrogens (primary N) is 1. The summed E-state index contributed by atoms with van der Waals surface area (Å²) >= 11 is 0. The summed E-state index contributed by atoms with van der Waals surface area (Å²) in [5, 5.41) is 9.34. The lowest BCUT2D eigenvalue weighted by molar-refractivity contribution is 0.0257. The molecule has 1 unspecified atom stereocenters. The van der Waals surface area contributed by atoms with Crippen LogP contribution in [0.2, 0.25) is 0 Å². The number of hydrogen-bond acceptors (Lipinski definition) is 2. The van der Waals surface area contributed by atoms with Crippen LogP contribution in [0.5, 0.6) is 0 Å². The molecule has 1 fully saturated rings. The highest BCUT2D eigenvalue weighted by atomic mass is 16.3. The third-order valence-electron chi connectivity index (χ3n) is 3.79. The van der Waals surface area contributed by atoms with Crippen molar-refractivity contribution in [3.8, 4) is 0 Å². The summed E-state index contributed by atoms with van der Waals surface area (Å²) < 4.78 is 0. The van der Waals surface area contributed by atoms with Crippen LogP contribution in [-0.4, -0.2) is 18.3 Å². The highest BCUT2D eigenvalue weighted by Gasteiger charge is 2.40. The van der Waals surface area contributed by atoms with E-state index in [9.17, 15) is 5.11 Å². The third kappa shape index (κ3) is 3.46. The quantitative estimate of drug-likeness (QED) is 0.756. The van der Waals surface area contributed by atoms with Gasteiger partial charge >= 0.3 is 0 Å². The van der Waals surface area contributed by atoms with Crippen molar-refractivity contribution in [3.63, 3.8) is 0 Å². The second-order valence-electron chi connectivity index (χ2n) is 6.85. The average Bonchev–Trinajstić information content (AvgIpc) is 2.00. The molecule has 0 aliphatic heterocycles. The van der Waals surface area contributed by atoms with Gasteiger partial charge < -0.3 is 10.8 Å². The van der Waals surface area contributed by atoms with Crippen LogP contribution in [0, 0.1) is 22.7 Å². The zero-order valence-electron chi connectivity index (χ0n) is 10.7. The molecule has 0 aromatic carbocycles. The second kappa shape index (κ2) is 4.42. The molecule has 0 radical (unpaired) electrons. The Morgan fingerprint density at radius 3 is 2.00 bits per heavy atom. The fourth-order valence-corrected chi connectivity index (χ4v) is 3.68. The molecule has 0 saturated heterocycles. The molecule has 0 aromatic rings. The van der Waals surface area contributed by atoms with Gasteiger partial charge in [-0.15, -0.1) is 0 Å². The molecule has 1 aliphatic carbocycles. The smallest absolute Gasteiger partial charge is 0.0473 e. The van der Waals surface area contributed by atoms with E-state index < -0.39 is 0 Å². The molecular weight excluding hydrogens is 186 g/mol. The van der Waals surface area contributed by atoms with Gasteiger partial charge in [0.15, 0.2) is 0 Å². The van der Waals surface area contributed by atoms with E-state index in [2.05, 4.69) is 27.7 Å². The minimum absolute atomic E-state index is 0.243. The predicted octanol–water partition coefficient (Wildman–Crippen LogP) is 2.41. The van der Waals surface area contributed by atoms with Crippen molar-refractivity contribution < 1.29 is 5.11 Å². The summed E-state index contributed by atoms with van der Waals surface area (Å²) in [5.74, 6) is 0.891. The van der Waals surface area contributed by atoms with Gasteiger partial charge in [0.05, 0.1) is 0 Å². The Labute approximate surface area is 94.2 Å². The Morgan fingerprint density at radius 2 is 1.67 bits per heavy atom. The van der Waals surface area contributed by atoms with Gasteiger partial charge in [0.1, 0.15) is 0 Å². The number of hydrogen-bond donors (Lipinski definition) is 2. The summed E-state index contributed by atoms with van der Waals surface area (Å²) in [4.78, 5) is 0. The van der Waals surface area contributed by atoms with E-state index in [-0.39, 0.29) is 6.61 Å². The van der Waals surface area contributed by atoms with Crippen molar-refractivity contribution in [2.45, 2.75) is 47.0 Å². The summed E-state index contributed by atoms with van der Waals surface area (Å²) in [7, 11) is 0. The SMILES string of the molecule is CC1(C)CC(C(CN)CO)CC(C)(C)C1. The molecule has 0 heterocycles. The molecule has 2 heteroatoms. The lowest BCUT2D eigenvalue weighted by Gasteiger charge is -2.47. The topological polar surface area (TPSA) is 46.2 Å². The predicted molar refractivity (Wildman–Crippen MR) is 64.5 cm³/mol. The molecule has 2 nitrogen and oxygen atoms in total. The maximum Gasteiger partial charge on any atom is 0.0473 e. The lowest BCUT2D eigenvalue weighted by Crippen LogP contribution is -2.39. The summed E-state index contributed by atoms with van der Waals surface area (Å²) in [6.07, 6.45) is 3.69. The van der Waals surface area contributed by atoms with Crippen LogP contribution in [0.3, 0.4) is 0 Å². The second-order valence-corrected chi connectivity index (χ2v) is 6.85. The van der Waals surface area contributed by atoms with E-state index >= 15 is 0 Å². The fourth-order valence-electron chi connectivity index (χ4n) is 3.68. The normalized spacial score (nSPS) is 27.6. The molecule has 1 atom stereocenters. The highest BCUT2D eigenvalue weighted by Crippen LogP contribution is 2.50. The van der Waals surface area contributed by atoms with Gasteiger partial charge in [-0.05, 0) is 48.5 Å². The van der Waals surface area contributed by atoms with Crippen LogP contribution in [0.4, 0.5) is 0 Å². The Hall–Kier alpha value is -0.0800. The van der Waals surface area contributed by atoms with Gasteiger partial charge in [-0.1, -0.05) is 27.7 Å². The molecule has 15 heavy (non-hydrogen) atoms. The molecule has 3 N–H and O–H groups in total. The summed E-state index contributed by atoms with van der Waals surface area (Å²) in [5.41, 5.74) is 6.53. The zero-order chi connectivity index (χ0) is 11.7. The Morgan fingerprint density at radius 1 is 1.20 bits per heavy atom. The van der Waals surface area contributed by atoms with Crippen LogP contribution in [-0.2, 0) is 0 Å². The van der Waals surface area contributed by atoms with Crippen molar-refractivity contribution in [3.05, 3.63) is 0 Å². The molecular formula is C13H27NO. The van der Waals surface area contributed by atoms with Crippen molar-refractivity contribution in [2.75, 3.05) is 13.2 Å². The van der Waals surface area contributed by atoms with E-state index in [1.165, 1.54) is 19.3 Å². The van der Waals surface area contributed by atoms with Crippen molar-refractivity contribution in [1.29, 1.82) is 0 Å². The van der Waals surface area contributed by atoms with Crippen molar-refractivity contribution >= 4 is 0 Å². The Balaban J connectivity index is 2.74. The molecule has 0 spiro atoms. The molecule has 1 saturated carbocycles. The molecule has 1 rings (SSSR count). The standard InChI is InChI=1S/C13H27NO/c1-12(2)5-10(11(7-14)8-15)6-13(3,4)9-12/h10-11,15H,5-9,14H2,1-4H3. The first-order chi connectivity index (χ1) is 6.79. The van der Waals surface area contributed by atoms with Gasteiger partial charge in [0.2, 0.25) is 0 Å². The van der Waals surface area contributed by atoms with E-state index in [0.717, 1.165) is 0 Å². The van der Waals surface area contributed by atoms with Crippen LogP contribution in [0.15, 0.2) is 0 Å². The van der Waals surface area contributed by atoms with Gasteiger partial charge in [-0.3, -0.25) is 0 Å². The first kappa shape index (κ1) is 13.0. The largest absolute Gasteiger partial charge is 0.396 e. The van der Waals surface area contributed by atoms with Gasteiger partial charge in [0.25, 0.3) is 0 Å². The van der Waals surface area contributed by atoms with E-state index in [4.69, 9.17) is 5.73 Å². The Kier molecular flexibility index (Phi) is 3.83. The minimum atomic E-state index is 0.243. The monoisotopic (exact) mass is 213 g/mol. The van der Waals surface area contributed by atoms with Crippen molar-refractivity contribution in [1.82, 2.24) is 0 Å². The van der Waals surface area contributed by atoms with Crippen LogP contribution in [0.1, 0.15) is 47.0 Å². The molecule has 0 bridgehead atoms. The minimum Gasteiger partial charge on any atom is -0.396 e. The van der Waals surface area contributed by atoms with Crippen LogP contribution in [0.25, 0.3) is 0 Å². The van der Waals surface area contributed by atoms with E-state index in [0.29, 0.717) is 29.2 Å². The number of aliphatic hydroxyl groups is 1. The van der Waals surface area contributed by atoms with Crippen LogP contribution < -0.4 is 5.73 Å². The summed E-state index contributed by atoms with van der Waals surface area (Å²) in [6, 6.07) is 0. The molecule has 90 valence electrons. The maximum atomic E-state index is 9.34. The average molecular weight is 213 g/mol. The van der Waals surface area contributed by atoms with E-state index in [1.807, 2.05) is 0 Å². The maximum absolute atomic E-state index is 9.34. The first-order valence-electron chi connectivity index (χ1n) is 6.11. The van der Waals surface area contributed by atoms with Gasteiger partial charge in [0, 0.05) is 6.61 Å². The molecule has 1 aliphatic rings.